The Kier molecular flexibility index (Phi) is 4.70. The topological polar surface area (TPSA) is 12.5 Å². The lowest BCUT2D eigenvalue weighted by molar-refractivity contribution is -0.0526. The van der Waals surface area contributed by atoms with Crippen molar-refractivity contribution in [2.75, 3.05) is 20.2 Å². The first-order valence-corrected chi connectivity index (χ1v) is 7.41. The maximum absolute atomic E-state index is 6.27. The van der Waals surface area contributed by atoms with Crippen LogP contribution in [-0.2, 0) is 11.3 Å². The molecule has 0 saturated carbocycles. The van der Waals surface area contributed by atoms with Gasteiger partial charge in [0.2, 0.25) is 0 Å². The van der Waals surface area contributed by atoms with Gasteiger partial charge in [0.05, 0.1) is 5.60 Å². The minimum atomic E-state index is -0.0138. The fourth-order valence-corrected chi connectivity index (χ4v) is 3.23. The van der Waals surface area contributed by atoms with Gasteiger partial charge < -0.3 is 4.74 Å². The van der Waals surface area contributed by atoms with Gasteiger partial charge in [-0.25, -0.2) is 0 Å². The SMILES string of the molecule is COC1(C)CCCN(Cc2ccc(Br)cc2Cl)C1. The predicted octanol–water partition coefficient (Wildman–Crippen LogP) is 4.10. The fraction of sp³-hybridized carbons (Fsp3) is 0.571. The highest BCUT2D eigenvalue weighted by Gasteiger charge is 2.30. The second-order valence-electron chi connectivity index (χ2n) is 5.20. The number of likely N-dealkylation sites (tertiary alicyclic amines) is 1. The zero-order valence-electron chi connectivity index (χ0n) is 10.9. The summed E-state index contributed by atoms with van der Waals surface area (Å²) in [5, 5.41) is 0.828. The summed E-state index contributed by atoms with van der Waals surface area (Å²) in [5.41, 5.74) is 1.17. The first-order chi connectivity index (χ1) is 8.52. The van der Waals surface area contributed by atoms with Crippen molar-refractivity contribution in [2.45, 2.75) is 31.9 Å². The number of halogens is 2. The van der Waals surface area contributed by atoms with Crippen molar-refractivity contribution >= 4 is 27.5 Å². The molecule has 1 atom stereocenters. The Bertz CT molecular complexity index is 426. The molecule has 0 aromatic heterocycles. The first kappa shape index (κ1) is 14.3. The fourth-order valence-electron chi connectivity index (χ4n) is 2.50. The molecule has 4 heteroatoms. The summed E-state index contributed by atoms with van der Waals surface area (Å²) in [6.45, 7) is 5.16. The molecule has 2 nitrogen and oxygen atoms in total. The third-order valence-electron chi connectivity index (χ3n) is 3.64. The average molecular weight is 333 g/mol. The van der Waals surface area contributed by atoms with E-state index in [1.807, 2.05) is 12.1 Å². The minimum Gasteiger partial charge on any atom is -0.377 e. The maximum atomic E-state index is 6.27. The summed E-state index contributed by atoms with van der Waals surface area (Å²) in [6, 6.07) is 6.09. The van der Waals surface area contributed by atoms with Gasteiger partial charge in [0.1, 0.15) is 0 Å². The van der Waals surface area contributed by atoms with Gasteiger partial charge in [-0.2, -0.15) is 0 Å². The molecule has 1 fully saturated rings. The minimum absolute atomic E-state index is 0.0138. The van der Waals surface area contributed by atoms with Gasteiger partial charge in [0, 0.05) is 29.7 Å². The standard InChI is InChI=1S/C14H19BrClNO/c1-14(18-2)6-3-7-17(10-14)9-11-4-5-12(15)8-13(11)16/h4-5,8H,3,6-7,9-10H2,1-2H3. The predicted molar refractivity (Wildman–Crippen MR) is 79.1 cm³/mol. The van der Waals surface area contributed by atoms with E-state index >= 15 is 0 Å². The molecule has 0 radical (unpaired) electrons. The molecule has 1 unspecified atom stereocenters. The Morgan fingerprint density at radius 1 is 1.50 bits per heavy atom. The molecular weight excluding hydrogens is 314 g/mol. The molecule has 0 bridgehead atoms. The summed E-state index contributed by atoms with van der Waals surface area (Å²) in [7, 11) is 1.80. The third kappa shape index (κ3) is 3.47. The Morgan fingerprint density at radius 2 is 2.28 bits per heavy atom. The van der Waals surface area contributed by atoms with Crippen LogP contribution in [0.25, 0.3) is 0 Å². The zero-order valence-corrected chi connectivity index (χ0v) is 13.2. The Morgan fingerprint density at radius 3 is 2.94 bits per heavy atom. The van der Waals surface area contributed by atoms with Crippen molar-refractivity contribution in [1.29, 1.82) is 0 Å². The van der Waals surface area contributed by atoms with Gasteiger partial charge >= 0.3 is 0 Å². The number of ether oxygens (including phenoxy) is 1. The van der Waals surface area contributed by atoms with E-state index < -0.39 is 0 Å². The van der Waals surface area contributed by atoms with Crippen LogP contribution in [0.1, 0.15) is 25.3 Å². The van der Waals surface area contributed by atoms with E-state index in [0.29, 0.717) is 0 Å². The van der Waals surface area contributed by atoms with Crippen LogP contribution >= 0.6 is 27.5 Å². The Labute approximate surface area is 122 Å². The van der Waals surface area contributed by atoms with Crippen LogP contribution in [0.3, 0.4) is 0 Å². The number of hydrogen-bond donors (Lipinski definition) is 0. The summed E-state index contributed by atoms with van der Waals surface area (Å²) in [4.78, 5) is 2.42. The van der Waals surface area contributed by atoms with E-state index in [1.54, 1.807) is 7.11 Å². The first-order valence-electron chi connectivity index (χ1n) is 6.24. The number of benzene rings is 1. The van der Waals surface area contributed by atoms with E-state index in [9.17, 15) is 0 Å². The Balaban J connectivity index is 2.05. The molecule has 2 rings (SSSR count). The zero-order chi connectivity index (χ0) is 13.2. The largest absolute Gasteiger partial charge is 0.377 e. The van der Waals surface area contributed by atoms with Gasteiger partial charge in [-0.3, -0.25) is 4.90 Å². The number of nitrogens with zero attached hydrogens (tertiary/aromatic N) is 1. The Hall–Kier alpha value is -0.0900. The second kappa shape index (κ2) is 5.91. The number of methoxy groups -OCH3 is 1. The van der Waals surface area contributed by atoms with E-state index in [1.165, 1.54) is 12.0 Å². The van der Waals surface area contributed by atoms with Crippen molar-refractivity contribution in [3.63, 3.8) is 0 Å². The molecule has 1 aromatic rings. The summed E-state index contributed by atoms with van der Waals surface area (Å²) >= 11 is 9.70. The van der Waals surface area contributed by atoms with Gasteiger partial charge in [0.25, 0.3) is 0 Å². The third-order valence-corrected chi connectivity index (χ3v) is 4.48. The smallest absolute Gasteiger partial charge is 0.0777 e. The molecule has 0 N–H and O–H groups in total. The quantitative estimate of drug-likeness (QED) is 0.826. The molecule has 0 amide bonds. The van der Waals surface area contributed by atoms with Gasteiger partial charge in [-0.15, -0.1) is 0 Å². The monoisotopic (exact) mass is 331 g/mol. The molecule has 0 aliphatic carbocycles. The highest BCUT2D eigenvalue weighted by Crippen LogP contribution is 2.27. The molecule has 1 heterocycles. The van der Waals surface area contributed by atoms with Crippen LogP contribution in [0, 0.1) is 0 Å². The average Bonchev–Trinajstić information content (AvgIpc) is 2.33. The van der Waals surface area contributed by atoms with Crippen LogP contribution in [0.5, 0.6) is 0 Å². The maximum Gasteiger partial charge on any atom is 0.0777 e. The second-order valence-corrected chi connectivity index (χ2v) is 6.53. The summed E-state index contributed by atoms with van der Waals surface area (Å²) in [6.07, 6.45) is 2.31. The van der Waals surface area contributed by atoms with Crippen LogP contribution in [-0.4, -0.2) is 30.7 Å². The summed E-state index contributed by atoms with van der Waals surface area (Å²) < 4.78 is 6.64. The van der Waals surface area contributed by atoms with Gasteiger partial charge in [-0.05, 0) is 44.0 Å². The molecule has 1 aliphatic heterocycles. The lowest BCUT2D eigenvalue weighted by Gasteiger charge is -2.39. The van der Waals surface area contributed by atoms with Crippen LogP contribution in [0.2, 0.25) is 5.02 Å². The number of hydrogen-bond acceptors (Lipinski definition) is 2. The van der Waals surface area contributed by atoms with Crippen molar-refractivity contribution in [3.05, 3.63) is 33.3 Å². The number of piperidine rings is 1. The van der Waals surface area contributed by atoms with Crippen molar-refractivity contribution in [3.8, 4) is 0 Å². The normalized spacial score (nSPS) is 25.3. The van der Waals surface area contributed by atoms with E-state index in [4.69, 9.17) is 16.3 Å². The van der Waals surface area contributed by atoms with E-state index in [2.05, 4.69) is 33.8 Å². The van der Waals surface area contributed by atoms with Gasteiger partial charge in [-0.1, -0.05) is 33.6 Å². The van der Waals surface area contributed by atoms with E-state index in [-0.39, 0.29) is 5.60 Å². The van der Waals surface area contributed by atoms with Gasteiger partial charge in [0.15, 0.2) is 0 Å². The molecular formula is C14H19BrClNO. The van der Waals surface area contributed by atoms with Crippen molar-refractivity contribution in [1.82, 2.24) is 4.90 Å². The molecule has 0 spiro atoms. The lowest BCUT2D eigenvalue weighted by Crippen LogP contribution is -2.46. The van der Waals surface area contributed by atoms with Crippen LogP contribution < -0.4 is 0 Å². The molecule has 100 valence electrons. The lowest BCUT2D eigenvalue weighted by atomic mass is 9.94. The highest BCUT2D eigenvalue weighted by atomic mass is 79.9. The molecule has 1 saturated heterocycles. The number of rotatable bonds is 3. The molecule has 1 aliphatic rings. The summed E-state index contributed by atoms with van der Waals surface area (Å²) in [5.74, 6) is 0. The van der Waals surface area contributed by atoms with Crippen LogP contribution in [0.15, 0.2) is 22.7 Å². The van der Waals surface area contributed by atoms with Crippen molar-refractivity contribution < 1.29 is 4.74 Å². The molecule has 1 aromatic carbocycles. The highest BCUT2D eigenvalue weighted by molar-refractivity contribution is 9.10. The molecule has 18 heavy (non-hydrogen) atoms. The van der Waals surface area contributed by atoms with E-state index in [0.717, 1.165) is 35.6 Å². The van der Waals surface area contributed by atoms with Crippen molar-refractivity contribution in [2.24, 2.45) is 0 Å². The van der Waals surface area contributed by atoms with Crippen LogP contribution in [0.4, 0.5) is 0 Å².